The van der Waals surface area contributed by atoms with Gasteiger partial charge in [-0.25, -0.2) is 24.7 Å². The Hall–Kier alpha value is -2.27. The molecule has 2 aromatic heterocycles. The Kier molecular flexibility index (Phi) is 17.8. The third kappa shape index (κ3) is 12.6. The fraction of sp³-hybridized carbons (Fsp3) is 0.571. The van der Waals surface area contributed by atoms with Crippen LogP contribution in [-0.4, -0.2) is 75.0 Å². The van der Waals surface area contributed by atoms with Gasteiger partial charge in [0.25, 0.3) is 0 Å². The summed E-state index contributed by atoms with van der Waals surface area (Å²) in [4.78, 5) is 38.1. The minimum atomic E-state index is -1.12. The minimum absolute atomic E-state index is 0. The molecule has 0 unspecified atom stereocenters. The maximum Gasteiger partial charge on any atom is 0.407 e. The van der Waals surface area contributed by atoms with Gasteiger partial charge in [0.1, 0.15) is 31.6 Å². The van der Waals surface area contributed by atoms with E-state index in [0.717, 1.165) is 125 Å². The van der Waals surface area contributed by atoms with Gasteiger partial charge >= 0.3 is 6.09 Å². The summed E-state index contributed by atoms with van der Waals surface area (Å²) in [5.74, 6) is 1.63. The van der Waals surface area contributed by atoms with Crippen LogP contribution in [0.2, 0.25) is 20.1 Å². The molecule has 4 aliphatic rings. The zero-order chi connectivity index (χ0) is 47.8. The van der Waals surface area contributed by atoms with E-state index in [1.54, 1.807) is 26.0 Å². The van der Waals surface area contributed by atoms with Crippen molar-refractivity contribution in [1.29, 1.82) is 0 Å². The van der Waals surface area contributed by atoms with E-state index in [2.05, 4.69) is 31.0 Å². The van der Waals surface area contributed by atoms with E-state index in [1.165, 1.54) is 36.4 Å². The first-order valence-corrected chi connectivity index (χ1v) is 26.7. The van der Waals surface area contributed by atoms with Crippen molar-refractivity contribution in [3.8, 4) is 0 Å². The molecule has 2 spiro atoms. The first-order valence-electron chi connectivity index (χ1n) is 22.7. The summed E-state index contributed by atoms with van der Waals surface area (Å²) < 4.78 is 6.24. The SMILES string of the molecule is C.Cc1nc(N2CCC3(CCC[C@H]3N)CC2)c(C(C)(C)O)nc1Sc1cccc(Cl)c1Cl.Cc1nc(N2CCC3(CCC[C@H]3NC(=O)OC(C)(C)C)CC2)c(Br)nc1Sc1cccc(Cl)c1Cl. The highest BCUT2D eigenvalue weighted by atomic mass is 79.9. The van der Waals surface area contributed by atoms with Gasteiger partial charge in [0, 0.05) is 48.1 Å². The average molecular weight is 1100 g/mol. The van der Waals surface area contributed by atoms with E-state index < -0.39 is 11.2 Å². The predicted molar refractivity (Wildman–Crippen MR) is 281 cm³/mol. The molecule has 67 heavy (non-hydrogen) atoms. The molecule has 11 nitrogen and oxygen atoms in total. The van der Waals surface area contributed by atoms with Crippen molar-refractivity contribution in [1.82, 2.24) is 25.3 Å². The van der Waals surface area contributed by atoms with E-state index in [9.17, 15) is 9.90 Å². The highest BCUT2D eigenvalue weighted by molar-refractivity contribution is 9.10. The van der Waals surface area contributed by atoms with Gasteiger partial charge in [0.15, 0.2) is 11.6 Å². The van der Waals surface area contributed by atoms with E-state index >= 15 is 0 Å². The summed E-state index contributed by atoms with van der Waals surface area (Å²) >= 11 is 31.6. The summed E-state index contributed by atoms with van der Waals surface area (Å²) in [7, 11) is 0. The lowest BCUT2D eigenvalue weighted by Gasteiger charge is -2.44. The Morgan fingerprint density at radius 1 is 0.761 bits per heavy atom. The van der Waals surface area contributed by atoms with Gasteiger partial charge in [-0.2, -0.15) is 0 Å². The van der Waals surface area contributed by atoms with Crippen molar-refractivity contribution in [3.63, 3.8) is 0 Å². The van der Waals surface area contributed by atoms with Gasteiger partial charge < -0.3 is 30.7 Å². The van der Waals surface area contributed by atoms with Crippen LogP contribution in [0.15, 0.2) is 60.8 Å². The molecule has 366 valence electrons. The molecule has 4 aromatic rings. The Balaban J connectivity index is 0.000000219. The maximum absolute atomic E-state index is 12.4. The van der Waals surface area contributed by atoms with E-state index in [-0.39, 0.29) is 30.4 Å². The van der Waals surface area contributed by atoms with Gasteiger partial charge in [-0.05, 0) is 151 Å². The molecule has 2 saturated heterocycles. The number of alkyl carbamates (subject to hydrolysis) is 1. The second kappa shape index (κ2) is 22.0. The zero-order valence-corrected chi connectivity index (χ0v) is 45.0. The van der Waals surface area contributed by atoms with E-state index in [0.29, 0.717) is 31.8 Å². The molecule has 4 heterocycles. The number of anilines is 2. The van der Waals surface area contributed by atoms with E-state index in [1.807, 2.05) is 58.9 Å². The van der Waals surface area contributed by atoms with Crippen molar-refractivity contribution < 1.29 is 14.6 Å². The summed E-state index contributed by atoms with van der Waals surface area (Å²) in [6.45, 7) is 16.6. The standard InChI is InChI=1S/C25H31BrCl2N4O2S.C23H30Cl2N4OS.CH4/c1-15-22(35-17-8-5-7-16(27)19(17)28)31-20(26)21(29-15)32-13-11-25(12-14-32)10-6-9-18(25)30-23(33)34-24(2,3)4;1-14-21(31-16-7-4-6-15(24)18(16)25)28-19(22(2,3)30)20(27-14)29-12-10-23(11-13-29)9-5-8-17(23)26;/h5,7-8,18H,6,9-14H2,1-4H3,(H,30,33);4,6-7,17,30H,5,8-13,26H2,1-3H3;1H4/t18-;17-;/m11./s1. The number of carbonyl (C=O) groups excluding carboxylic acids is 1. The normalized spacial score (nSPS) is 20.1. The average Bonchev–Trinajstić information content (AvgIpc) is 3.80. The molecule has 2 atom stereocenters. The number of piperidine rings is 2. The van der Waals surface area contributed by atoms with Crippen molar-refractivity contribution in [2.75, 3.05) is 36.0 Å². The van der Waals surface area contributed by atoms with Crippen LogP contribution in [0.1, 0.15) is 123 Å². The number of nitrogens with two attached hydrogens (primary N) is 1. The quantitative estimate of drug-likeness (QED) is 0.155. The molecule has 2 saturated carbocycles. The highest BCUT2D eigenvalue weighted by Crippen LogP contribution is 2.49. The minimum Gasteiger partial charge on any atom is -0.444 e. The number of nitrogens with zero attached hydrogens (tertiary/aromatic N) is 6. The number of hydrogen-bond donors (Lipinski definition) is 3. The summed E-state index contributed by atoms with van der Waals surface area (Å²) in [5, 5.41) is 17.6. The molecule has 2 aromatic carbocycles. The smallest absolute Gasteiger partial charge is 0.407 e. The number of aliphatic hydroxyl groups is 1. The van der Waals surface area contributed by atoms with Crippen LogP contribution in [0.5, 0.6) is 0 Å². The molecule has 0 bridgehead atoms. The van der Waals surface area contributed by atoms with Crippen LogP contribution in [0.4, 0.5) is 16.4 Å². The van der Waals surface area contributed by atoms with Crippen LogP contribution in [0.25, 0.3) is 0 Å². The number of amides is 1. The van der Waals surface area contributed by atoms with Crippen LogP contribution >= 0.6 is 85.9 Å². The first kappa shape index (κ1) is 54.1. The summed E-state index contributed by atoms with van der Waals surface area (Å²) in [6, 6.07) is 11.6. The second-order valence-corrected chi connectivity index (χ2v) is 24.1. The largest absolute Gasteiger partial charge is 0.444 e. The molecule has 2 aliphatic carbocycles. The van der Waals surface area contributed by atoms with Gasteiger partial charge in [0.2, 0.25) is 0 Å². The van der Waals surface area contributed by atoms with Crippen molar-refractivity contribution >= 4 is 104 Å². The molecular weight excluding hydrogens is 1030 g/mol. The Morgan fingerprint density at radius 2 is 1.24 bits per heavy atom. The molecule has 4 N–H and O–H groups in total. The summed E-state index contributed by atoms with van der Waals surface area (Å²) in [6.07, 6.45) is 10.6. The predicted octanol–water partition coefficient (Wildman–Crippen LogP) is 13.9. The molecule has 4 fully saturated rings. The number of rotatable bonds is 8. The molecule has 18 heteroatoms. The van der Waals surface area contributed by atoms with Gasteiger partial charge in [-0.1, -0.05) is 102 Å². The van der Waals surface area contributed by atoms with Crippen LogP contribution in [0, 0.1) is 24.7 Å². The monoisotopic (exact) mass is 1100 g/mol. The van der Waals surface area contributed by atoms with Crippen molar-refractivity contribution in [2.45, 2.75) is 163 Å². The number of aryl methyl sites for hydroxylation is 2. The Morgan fingerprint density at radius 3 is 1.75 bits per heavy atom. The maximum atomic E-state index is 12.4. The molecule has 8 rings (SSSR count). The molecular formula is C49H65BrCl4N8O3S2. The third-order valence-corrected chi connectivity index (χ3v) is 18.2. The number of aromatic nitrogens is 4. The molecule has 0 radical (unpaired) electrons. The lowest BCUT2D eigenvalue weighted by molar-refractivity contribution is 0.0442. The molecule has 1 amide bonds. The number of carbonyl (C=O) groups is 1. The van der Waals surface area contributed by atoms with Crippen molar-refractivity contribution in [3.05, 3.63) is 78.2 Å². The lowest BCUT2D eigenvalue weighted by atomic mass is 9.74. The number of benzene rings is 2. The Bertz CT molecular complexity index is 2410. The molecule has 2 aliphatic heterocycles. The summed E-state index contributed by atoms with van der Waals surface area (Å²) in [5.41, 5.74) is 7.46. The van der Waals surface area contributed by atoms with E-state index in [4.69, 9.17) is 76.8 Å². The zero-order valence-electron chi connectivity index (χ0n) is 38.7. The van der Waals surface area contributed by atoms with Crippen LogP contribution < -0.4 is 20.9 Å². The first-order chi connectivity index (χ1) is 31.1. The van der Waals surface area contributed by atoms with Gasteiger partial charge in [-0.3, -0.25) is 0 Å². The van der Waals surface area contributed by atoms with Gasteiger partial charge in [0.05, 0.1) is 31.5 Å². The second-order valence-electron chi connectivity index (χ2n) is 19.7. The number of hydrogen-bond acceptors (Lipinski definition) is 12. The number of nitrogens with one attached hydrogen (secondary N) is 1. The fourth-order valence-electron chi connectivity index (χ4n) is 9.85. The Labute approximate surface area is 434 Å². The van der Waals surface area contributed by atoms with Crippen LogP contribution in [0.3, 0.4) is 0 Å². The number of ether oxygens (including phenoxy) is 1. The fourth-order valence-corrected chi connectivity index (χ4v) is 13.2. The lowest BCUT2D eigenvalue weighted by Crippen LogP contribution is -2.51. The van der Waals surface area contributed by atoms with Crippen LogP contribution in [-0.2, 0) is 10.3 Å². The highest BCUT2D eigenvalue weighted by Gasteiger charge is 2.47. The number of halogens is 5. The van der Waals surface area contributed by atoms with Crippen molar-refractivity contribution in [2.24, 2.45) is 16.6 Å². The topological polar surface area (TPSA) is 143 Å². The third-order valence-electron chi connectivity index (χ3n) is 13.5. The van der Waals surface area contributed by atoms with Gasteiger partial charge in [-0.15, -0.1) is 0 Å².